The standard InChI is InChI=1S/C16H23N3O/c1-5-13(3)20-16-8-6-7-14(10-16)17-11-15-9-12(2)18-19(15)4/h6-10,13,17H,5,11H2,1-4H3. The summed E-state index contributed by atoms with van der Waals surface area (Å²) in [5.74, 6) is 0.908. The van der Waals surface area contributed by atoms with E-state index in [9.17, 15) is 0 Å². The van der Waals surface area contributed by atoms with E-state index in [-0.39, 0.29) is 6.10 Å². The molecule has 1 atom stereocenters. The maximum atomic E-state index is 5.83. The zero-order valence-corrected chi connectivity index (χ0v) is 12.7. The van der Waals surface area contributed by atoms with Crippen LogP contribution in [-0.4, -0.2) is 15.9 Å². The van der Waals surface area contributed by atoms with Gasteiger partial charge in [0.1, 0.15) is 5.75 Å². The fraction of sp³-hybridized carbons (Fsp3) is 0.438. The molecule has 1 aromatic heterocycles. The maximum Gasteiger partial charge on any atom is 0.121 e. The summed E-state index contributed by atoms with van der Waals surface area (Å²) in [6.45, 7) is 6.96. The maximum absolute atomic E-state index is 5.83. The van der Waals surface area contributed by atoms with Gasteiger partial charge in [-0.2, -0.15) is 5.10 Å². The molecule has 0 aliphatic rings. The molecule has 20 heavy (non-hydrogen) atoms. The Bertz CT molecular complexity index is 563. The Hall–Kier alpha value is -1.97. The fourth-order valence-corrected chi connectivity index (χ4v) is 2.02. The Balaban J connectivity index is 1.99. The summed E-state index contributed by atoms with van der Waals surface area (Å²) in [6.07, 6.45) is 1.25. The first-order valence-electron chi connectivity index (χ1n) is 7.08. The highest BCUT2D eigenvalue weighted by Gasteiger charge is 2.04. The molecule has 1 unspecified atom stereocenters. The van der Waals surface area contributed by atoms with Crippen LogP contribution in [-0.2, 0) is 13.6 Å². The average molecular weight is 273 g/mol. The van der Waals surface area contributed by atoms with Crippen LogP contribution in [0.15, 0.2) is 30.3 Å². The van der Waals surface area contributed by atoms with Crippen molar-refractivity contribution < 1.29 is 4.74 Å². The number of nitrogens with one attached hydrogen (secondary N) is 1. The van der Waals surface area contributed by atoms with E-state index in [1.54, 1.807) is 0 Å². The van der Waals surface area contributed by atoms with Gasteiger partial charge in [0.25, 0.3) is 0 Å². The summed E-state index contributed by atoms with van der Waals surface area (Å²) in [4.78, 5) is 0. The van der Waals surface area contributed by atoms with Crippen LogP contribution in [0.5, 0.6) is 5.75 Å². The van der Waals surface area contributed by atoms with Gasteiger partial charge in [0, 0.05) is 18.8 Å². The largest absolute Gasteiger partial charge is 0.491 e. The van der Waals surface area contributed by atoms with Crippen molar-refractivity contribution in [3.63, 3.8) is 0 Å². The molecule has 4 heteroatoms. The Morgan fingerprint density at radius 3 is 2.80 bits per heavy atom. The van der Waals surface area contributed by atoms with Crippen LogP contribution in [0.1, 0.15) is 31.7 Å². The number of anilines is 1. The van der Waals surface area contributed by atoms with E-state index in [0.717, 1.165) is 35.8 Å². The van der Waals surface area contributed by atoms with Crippen LogP contribution in [0.25, 0.3) is 0 Å². The minimum atomic E-state index is 0.241. The Morgan fingerprint density at radius 1 is 1.35 bits per heavy atom. The van der Waals surface area contributed by atoms with Gasteiger partial charge in [0.15, 0.2) is 0 Å². The third kappa shape index (κ3) is 3.76. The second-order valence-corrected chi connectivity index (χ2v) is 5.12. The van der Waals surface area contributed by atoms with Crippen LogP contribution in [0.2, 0.25) is 0 Å². The van der Waals surface area contributed by atoms with Gasteiger partial charge >= 0.3 is 0 Å². The molecule has 0 bridgehead atoms. The molecule has 0 amide bonds. The normalized spacial score (nSPS) is 12.2. The van der Waals surface area contributed by atoms with Gasteiger partial charge in [-0.15, -0.1) is 0 Å². The highest BCUT2D eigenvalue weighted by atomic mass is 16.5. The van der Waals surface area contributed by atoms with Crippen LogP contribution >= 0.6 is 0 Å². The molecule has 2 rings (SSSR count). The van der Waals surface area contributed by atoms with E-state index in [0.29, 0.717) is 0 Å². The Morgan fingerprint density at radius 2 is 2.15 bits per heavy atom. The van der Waals surface area contributed by atoms with Gasteiger partial charge < -0.3 is 10.1 Å². The zero-order valence-electron chi connectivity index (χ0n) is 12.7. The Labute approximate surface area is 120 Å². The van der Waals surface area contributed by atoms with E-state index in [2.05, 4.69) is 30.3 Å². The lowest BCUT2D eigenvalue weighted by Gasteiger charge is -2.14. The number of aryl methyl sites for hydroxylation is 2. The lowest BCUT2D eigenvalue weighted by atomic mass is 10.2. The second-order valence-electron chi connectivity index (χ2n) is 5.12. The van der Waals surface area contributed by atoms with Gasteiger partial charge in [0.05, 0.1) is 24.0 Å². The number of hydrogen-bond donors (Lipinski definition) is 1. The van der Waals surface area contributed by atoms with Crippen molar-refractivity contribution in [1.29, 1.82) is 0 Å². The molecular formula is C16H23N3O. The van der Waals surface area contributed by atoms with Crippen molar-refractivity contribution in [2.75, 3.05) is 5.32 Å². The molecule has 108 valence electrons. The van der Waals surface area contributed by atoms with Gasteiger partial charge in [0.2, 0.25) is 0 Å². The molecule has 0 spiro atoms. The van der Waals surface area contributed by atoms with Crippen molar-refractivity contribution >= 4 is 5.69 Å². The topological polar surface area (TPSA) is 39.1 Å². The number of benzene rings is 1. The average Bonchev–Trinajstić information content (AvgIpc) is 2.75. The molecule has 0 fully saturated rings. The van der Waals surface area contributed by atoms with E-state index in [4.69, 9.17) is 4.74 Å². The van der Waals surface area contributed by atoms with Crippen molar-refractivity contribution in [1.82, 2.24) is 9.78 Å². The number of aromatic nitrogens is 2. The molecule has 0 saturated carbocycles. The third-order valence-electron chi connectivity index (χ3n) is 3.32. The summed E-state index contributed by atoms with van der Waals surface area (Å²) in [6, 6.07) is 10.2. The quantitative estimate of drug-likeness (QED) is 0.875. The summed E-state index contributed by atoms with van der Waals surface area (Å²) in [5.41, 5.74) is 3.26. The van der Waals surface area contributed by atoms with E-state index in [1.165, 1.54) is 0 Å². The Kier molecular flexibility index (Phi) is 4.66. The summed E-state index contributed by atoms with van der Waals surface area (Å²) < 4.78 is 7.73. The van der Waals surface area contributed by atoms with Crippen molar-refractivity contribution in [2.45, 2.75) is 39.8 Å². The van der Waals surface area contributed by atoms with E-state index in [1.807, 2.05) is 42.9 Å². The zero-order chi connectivity index (χ0) is 14.5. The number of ether oxygens (including phenoxy) is 1. The first-order chi connectivity index (χ1) is 9.58. The first kappa shape index (κ1) is 14.4. The first-order valence-corrected chi connectivity index (χ1v) is 7.08. The molecule has 0 radical (unpaired) electrons. The predicted molar refractivity (Wildman–Crippen MR) is 82.1 cm³/mol. The minimum Gasteiger partial charge on any atom is -0.491 e. The lowest BCUT2D eigenvalue weighted by molar-refractivity contribution is 0.217. The molecule has 0 aliphatic heterocycles. The molecule has 4 nitrogen and oxygen atoms in total. The summed E-state index contributed by atoms with van der Waals surface area (Å²) in [5, 5.41) is 7.75. The SMILES string of the molecule is CCC(C)Oc1cccc(NCc2cc(C)nn2C)c1. The van der Waals surface area contributed by atoms with Crippen LogP contribution in [0, 0.1) is 6.92 Å². The number of hydrogen-bond acceptors (Lipinski definition) is 3. The van der Waals surface area contributed by atoms with Crippen LogP contribution in [0.3, 0.4) is 0 Å². The molecule has 2 aromatic rings. The van der Waals surface area contributed by atoms with Crippen molar-refractivity contribution in [3.05, 3.63) is 41.7 Å². The highest BCUT2D eigenvalue weighted by molar-refractivity contribution is 5.48. The van der Waals surface area contributed by atoms with Crippen LogP contribution < -0.4 is 10.1 Å². The summed E-state index contributed by atoms with van der Waals surface area (Å²) >= 11 is 0. The molecule has 1 N–H and O–H groups in total. The molecule has 0 saturated heterocycles. The molecular weight excluding hydrogens is 250 g/mol. The lowest BCUT2D eigenvalue weighted by Crippen LogP contribution is -2.10. The van der Waals surface area contributed by atoms with Crippen LogP contribution in [0.4, 0.5) is 5.69 Å². The number of nitrogens with zero attached hydrogens (tertiary/aromatic N) is 2. The molecule has 1 heterocycles. The van der Waals surface area contributed by atoms with Gasteiger partial charge in [-0.25, -0.2) is 0 Å². The minimum absolute atomic E-state index is 0.241. The van der Waals surface area contributed by atoms with Gasteiger partial charge in [-0.1, -0.05) is 13.0 Å². The predicted octanol–water partition coefficient (Wildman–Crippen LogP) is 3.52. The highest BCUT2D eigenvalue weighted by Crippen LogP contribution is 2.19. The van der Waals surface area contributed by atoms with Crippen molar-refractivity contribution in [2.24, 2.45) is 7.05 Å². The summed E-state index contributed by atoms with van der Waals surface area (Å²) in [7, 11) is 1.96. The fourth-order valence-electron chi connectivity index (χ4n) is 2.02. The van der Waals surface area contributed by atoms with Crippen molar-refractivity contribution in [3.8, 4) is 5.75 Å². The van der Waals surface area contributed by atoms with Gasteiger partial charge in [-0.3, -0.25) is 4.68 Å². The smallest absolute Gasteiger partial charge is 0.121 e. The van der Waals surface area contributed by atoms with E-state index >= 15 is 0 Å². The monoisotopic (exact) mass is 273 g/mol. The third-order valence-corrected chi connectivity index (χ3v) is 3.32. The number of rotatable bonds is 6. The molecule has 1 aromatic carbocycles. The second kappa shape index (κ2) is 6.46. The molecule has 0 aliphatic carbocycles. The van der Waals surface area contributed by atoms with E-state index < -0.39 is 0 Å². The van der Waals surface area contributed by atoms with Gasteiger partial charge in [-0.05, 0) is 38.5 Å².